The summed E-state index contributed by atoms with van der Waals surface area (Å²) in [4.78, 5) is 4.60. The summed E-state index contributed by atoms with van der Waals surface area (Å²) in [6.45, 7) is 4.77. The average molecular weight is 427 g/mol. The summed E-state index contributed by atoms with van der Waals surface area (Å²) in [5.41, 5.74) is 4.25. The maximum atomic E-state index is 10.4. The zero-order chi connectivity index (χ0) is 20.8. The predicted octanol–water partition coefficient (Wildman–Crippen LogP) is 3.55. The number of aliphatic hydroxyl groups excluding tert-OH is 1. The molecular formula is C23H30N4O2S. The third kappa shape index (κ3) is 5.76. The van der Waals surface area contributed by atoms with Crippen molar-refractivity contribution in [2.75, 3.05) is 33.3 Å². The number of β-amino-alcohol motifs (C(OH)–C–C–N with tert-alkyl or cyclic N) is 1. The van der Waals surface area contributed by atoms with Gasteiger partial charge in [-0.2, -0.15) is 8.75 Å². The number of likely N-dealkylation sites (tertiary alicyclic amines) is 1. The molecule has 0 unspecified atom stereocenters. The fraction of sp³-hybridized carbons (Fsp3) is 0.478. The van der Waals surface area contributed by atoms with Crippen LogP contribution in [0.1, 0.15) is 30.4 Å². The van der Waals surface area contributed by atoms with Crippen molar-refractivity contribution in [3.05, 3.63) is 53.6 Å². The molecule has 30 heavy (non-hydrogen) atoms. The summed E-state index contributed by atoms with van der Waals surface area (Å²) < 4.78 is 14.6. The summed E-state index contributed by atoms with van der Waals surface area (Å²) in [7, 11) is 2.10. The first-order valence-corrected chi connectivity index (χ1v) is 11.4. The van der Waals surface area contributed by atoms with Crippen molar-refractivity contribution in [2.45, 2.75) is 38.5 Å². The predicted molar refractivity (Wildman–Crippen MR) is 121 cm³/mol. The lowest BCUT2D eigenvalue weighted by molar-refractivity contribution is 0.0612. The minimum absolute atomic E-state index is 0.324. The van der Waals surface area contributed by atoms with Crippen LogP contribution in [0.3, 0.4) is 0 Å². The van der Waals surface area contributed by atoms with Gasteiger partial charge in [0.15, 0.2) is 0 Å². The van der Waals surface area contributed by atoms with Gasteiger partial charge in [0.25, 0.3) is 0 Å². The standard InChI is InChI=1S/C23H30N4O2S/c1-26(14-18-9-10-21-22(13-18)25-30-24-21)15-19-7-3-4-8-23(19)29-17-20(28)16-27-11-5-2-6-12-27/h3-4,7-10,13,20,28H,2,5-6,11-12,14-17H2,1H3/t20-/m0/s1. The first-order valence-electron chi connectivity index (χ1n) is 10.7. The third-order valence-electron chi connectivity index (χ3n) is 5.53. The molecule has 1 aliphatic rings. The first kappa shape index (κ1) is 21.2. The molecule has 7 heteroatoms. The number of aliphatic hydroxyl groups is 1. The SMILES string of the molecule is CN(Cc1ccc2nsnc2c1)Cc1ccccc1OC[C@@H](O)CN1CCCCC1. The molecular weight excluding hydrogens is 396 g/mol. The van der Waals surface area contributed by atoms with E-state index in [1.807, 2.05) is 24.3 Å². The Balaban J connectivity index is 1.31. The Morgan fingerprint density at radius 3 is 2.73 bits per heavy atom. The lowest BCUT2D eigenvalue weighted by Gasteiger charge is -2.28. The summed E-state index contributed by atoms with van der Waals surface area (Å²) in [6.07, 6.45) is 3.30. The van der Waals surface area contributed by atoms with Crippen LogP contribution in [0.2, 0.25) is 0 Å². The van der Waals surface area contributed by atoms with E-state index in [4.69, 9.17) is 4.74 Å². The Kier molecular flexibility index (Phi) is 7.28. The minimum atomic E-state index is -0.465. The summed E-state index contributed by atoms with van der Waals surface area (Å²) >= 11 is 1.25. The summed E-state index contributed by atoms with van der Waals surface area (Å²) in [6, 6.07) is 14.4. The van der Waals surface area contributed by atoms with E-state index >= 15 is 0 Å². The molecule has 0 bridgehead atoms. The van der Waals surface area contributed by atoms with Gasteiger partial charge in [-0.1, -0.05) is 30.7 Å². The normalized spacial score (nSPS) is 16.2. The van der Waals surface area contributed by atoms with Gasteiger partial charge in [-0.25, -0.2) is 0 Å². The van der Waals surface area contributed by atoms with Gasteiger partial charge in [-0.15, -0.1) is 0 Å². The molecule has 1 atom stereocenters. The molecule has 0 amide bonds. The Morgan fingerprint density at radius 2 is 1.87 bits per heavy atom. The third-order valence-corrected chi connectivity index (χ3v) is 6.09. The van der Waals surface area contributed by atoms with Crippen LogP contribution in [0.25, 0.3) is 11.0 Å². The van der Waals surface area contributed by atoms with Gasteiger partial charge in [-0.3, -0.25) is 4.90 Å². The molecule has 2 heterocycles. The molecule has 0 spiro atoms. The molecule has 1 N–H and O–H groups in total. The molecule has 1 aliphatic heterocycles. The minimum Gasteiger partial charge on any atom is -0.491 e. The quantitative estimate of drug-likeness (QED) is 0.565. The summed E-state index contributed by atoms with van der Waals surface area (Å²) in [5, 5.41) is 10.4. The zero-order valence-electron chi connectivity index (χ0n) is 17.5. The highest BCUT2D eigenvalue weighted by atomic mass is 32.1. The van der Waals surface area contributed by atoms with Crippen molar-refractivity contribution in [3.63, 3.8) is 0 Å². The van der Waals surface area contributed by atoms with Crippen molar-refractivity contribution >= 4 is 22.8 Å². The number of aromatic nitrogens is 2. The van der Waals surface area contributed by atoms with Crippen LogP contribution in [0, 0.1) is 0 Å². The molecule has 3 aromatic rings. The van der Waals surface area contributed by atoms with E-state index in [-0.39, 0.29) is 0 Å². The second-order valence-corrected chi connectivity index (χ2v) is 8.72. The van der Waals surface area contributed by atoms with Crippen LogP contribution in [-0.4, -0.2) is 63.0 Å². The van der Waals surface area contributed by atoms with Gasteiger partial charge in [0.1, 0.15) is 29.5 Å². The molecule has 160 valence electrons. The smallest absolute Gasteiger partial charge is 0.123 e. The lowest BCUT2D eigenvalue weighted by atomic mass is 10.1. The van der Waals surface area contributed by atoms with Crippen LogP contribution < -0.4 is 4.74 Å². The number of hydrogen-bond donors (Lipinski definition) is 1. The van der Waals surface area contributed by atoms with Crippen molar-refractivity contribution in [1.29, 1.82) is 0 Å². The summed E-state index contributed by atoms with van der Waals surface area (Å²) in [5.74, 6) is 0.848. The van der Waals surface area contributed by atoms with Crippen LogP contribution in [-0.2, 0) is 13.1 Å². The Hall–Kier alpha value is -2.06. The van der Waals surface area contributed by atoms with Gasteiger partial charge in [0, 0.05) is 25.2 Å². The largest absolute Gasteiger partial charge is 0.491 e. The molecule has 1 aromatic heterocycles. The van der Waals surface area contributed by atoms with Gasteiger partial charge in [0.2, 0.25) is 0 Å². The number of rotatable bonds is 9. The number of benzene rings is 2. The van der Waals surface area contributed by atoms with E-state index in [0.29, 0.717) is 13.2 Å². The van der Waals surface area contributed by atoms with Gasteiger partial charge >= 0.3 is 0 Å². The van der Waals surface area contributed by atoms with Crippen molar-refractivity contribution in [2.24, 2.45) is 0 Å². The number of fused-ring (bicyclic) bond motifs is 1. The zero-order valence-corrected chi connectivity index (χ0v) is 18.4. The van der Waals surface area contributed by atoms with Gasteiger partial charge in [0.05, 0.1) is 11.7 Å². The fourth-order valence-electron chi connectivity index (χ4n) is 4.04. The van der Waals surface area contributed by atoms with Crippen LogP contribution >= 0.6 is 11.7 Å². The molecule has 0 aliphatic carbocycles. The van der Waals surface area contributed by atoms with Crippen LogP contribution in [0.15, 0.2) is 42.5 Å². The Labute approximate surface area is 182 Å². The van der Waals surface area contributed by atoms with Crippen molar-refractivity contribution in [1.82, 2.24) is 18.5 Å². The number of ether oxygens (including phenoxy) is 1. The topological polar surface area (TPSA) is 61.7 Å². The van der Waals surface area contributed by atoms with Crippen molar-refractivity contribution < 1.29 is 9.84 Å². The molecule has 2 aromatic carbocycles. The van der Waals surface area contributed by atoms with Gasteiger partial charge < -0.3 is 14.7 Å². The van der Waals surface area contributed by atoms with E-state index in [1.165, 1.54) is 36.6 Å². The number of para-hydroxylation sites is 1. The average Bonchev–Trinajstić information content (AvgIpc) is 3.22. The second-order valence-electron chi connectivity index (χ2n) is 8.19. The highest BCUT2D eigenvalue weighted by Crippen LogP contribution is 2.21. The fourth-order valence-corrected chi connectivity index (χ4v) is 4.56. The highest BCUT2D eigenvalue weighted by Gasteiger charge is 2.16. The Morgan fingerprint density at radius 1 is 1.07 bits per heavy atom. The highest BCUT2D eigenvalue weighted by molar-refractivity contribution is 7.00. The molecule has 1 fully saturated rings. The molecule has 6 nitrogen and oxygen atoms in total. The van der Waals surface area contributed by atoms with E-state index in [2.05, 4.69) is 43.8 Å². The number of hydrogen-bond acceptors (Lipinski definition) is 7. The monoisotopic (exact) mass is 426 g/mol. The molecule has 0 radical (unpaired) electrons. The molecule has 0 saturated carbocycles. The number of piperidine rings is 1. The number of nitrogens with zero attached hydrogens (tertiary/aromatic N) is 4. The van der Waals surface area contributed by atoms with Gasteiger partial charge in [-0.05, 0) is 56.7 Å². The molecule has 1 saturated heterocycles. The van der Waals surface area contributed by atoms with Crippen molar-refractivity contribution in [3.8, 4) is 5.75 Å². The second kappa shape index (κ2) is 10.3. The van der Waals surface area contributed by atoms with E-state index in [1.54, 1.807) is 0 Å². The first-order chi connectivity index (χ1) is 14.7. The Bertz CT molecular complexity index is 942. The van der Waals surface area contributed by atoms with Crippen LogP contribution in [0.5, 0.6) is 5.75 Å². The van der Waals surface area contributed by atoms with E-state index in [0.717, 1.165) is 48.5 Å². The molecule has 4 rings (SSSR count). The maximum Gasteiger partial charge on any atom is 0.123 e. The lowest BCUT2D eigenvalue weighted by Crippen LogP contribution is -2.38. The van der Waals surface area contributed by atoms with Crippen LogP contribution in [0.4, 0.5) is 0 Å². The van der Waals surface area contributed by atoms with E-state index < -0.39 is 6.10 Å². The maximum absolute atomic E-state index is 10.4. The van der Waals surface area contributed by atoms with E-state index in [9.17, 15) is 5.11 Å².